The lowest BCUT2D eigenvalue weighted by Crippen LogP contribution is -2.43. The first kappa shape index (κ1) is 12.4. The maximum atomic E-state index is 12.1. The number of anilines is 1. The van der Waals surface area contributed by atoms with E-state index in [4.69, 9.17) is 0 Å². The fraction of sp³-hybridized carbons (Fsp3) is 0.385. The molecule has 0 fully saturated rings. The molecule has 5 heteroatoms. The summed E-state index contributed by atoms with van der Waals surface area (Å²) in [4.78, 5) is 17.9. The van der Waals surface area contributed by atoms with E-state index >= 15 is 0 Å². The van der Waals surface area contributed by atoms with Gasteiger partial charge in [0.05, 0.1) is 6.54 Å². The molecule has 1 aromatic carbocycles. The number of nitrogens with zero attached hydrogens (tertiary/aromatic N) is 2. The second kappa shape index (κ2) is 5.53. The van der Waals surface area contributed by atoms with Crippen LogP contribution in [0.25, 0.3) is 0 Å². The van der Waals surface area contributed by atoms with Crippen molar-refractivity contribution in [3.63, 3.8) is 0 Å². The lowest BCUT2D eigenvalue weighted by Gasteiger charge is -2.18. The molecule has 18 heavy (non-hydrogen) atoms. The Hall–Kier alpha value is -2.04. The van der Waals surface area contributed by atoms with Crippen molar-refractivity contribution < 1.29 is 4.79 Å². The van der Waals surface area contributed by atoms with Crippen LogP contribution in [0.4, 0.5) is 5.69 Å². The highest BCUT2D eigenvalue weighted by Gasteiger charge is 2.23. The number of aliphatic imine (C=N–C) groups is 1. The van der Waals surface area contributed by atoms with Crippen LogP contribution < -0.4 is 15.5 Å². The van der Waals surface area contributed by atoms with Gasteiger partial charge in [0.2, 0.25) is 5.91 Å². The van der Waals surface area contributed by atoms with Gasteiger partial charge in [0.15, 0.2) is 5.96 Å². The van der Waals surface area contributed by atoms with E-state index in [1.807, 2.05) is 23.1 Å². The number of benzene rings is 1. The second-order valence-electron chi connectivity index (χ2n) is 4.10. The number of guanidine groups is 1. The summed E-state index contributed by atoms with van der Waals surface area (Å²) in [5, 5.41) is 5.86. The minimum Gasteiger partial charge on any atom is -0.359 e. The van der Waals surface area contributed by atoms with Gasteiger partial charge in [-0.1, -0.05) is 18.2 Å². The van der Waals surface area contributed by atoms with Crippen molar-refractivity contribution in [1.29, 1.82) is 0 Å². The third kappa shape index (κ3) is 2.45. The van der Waals surface area contributed by atoms with E-state index in [2.05, 4.69) is 21.7 Å². The van der Waals surface area contributed by atoms with Crippen LogP contribution in [-0.2, 0) is 11.2 Å². The molecule has 1 aliphatic rings. The highest BCUT2D eigenvalue weighted by Crippen LogP contribution is 2.27. The van der Waals surface area contributed by atoms with Crippen LogP contribution in [0.1, 0.15) is 5.56 Å². The van der Waals surface area contributed by atoms with Gasteiger partial charge in [-0.3, -0.25) is 9.79 Å². The normalized spacial score (nSPS) is 14.3. The summed E-state index contributed by atoms with van der Waals surface area (Å²) in [6, 6.07) is 8.04. The predicted octanol–water partition coefficient (Wildman–Crippen LogP) is 0.371. The number of fused-ring (bicyclic) bond motifs is 1. The van der Waals surface area contributed by atoms with Gasteiger partial charge in [-0.2, -0.15) is 0 Å². The van der Waals surface area contributed by atoms with E-state index in [0.717, 1.165) is 18.7 Å². The zero-order valence-electron chi connectivity index (χ0n) is 10.7. The zero-order chi connectivity index (χ0) is 13.0. The first-order chi connectivity index (χ1) is 8.76. The molecule has 0 unspecified atom stereocenters. The minimum atomic E-state index is 0.0661. The van der Waals surface area contributed by atoms with Crippen LogP contribution in [-0.4, -0.2) is 39.1 Å². The number of hydrogen-bond donors (Lipinski definition) is 2. The lowest BCUT2D eigenvalue weighted by molar-refractivity contribution is -0.117. The minimum absolute atomic E-state index is 0.0661. The Morgan fingerprint density at radius 1 is 1.44 bits per heavy atom. The average molecular weight is 246 g/mol. The zero-order valence-corrected chi connectivity index (χ0v) is 10.7. The number of carbonyl (C=O) groups is 1. The van der Waals surface area contributed by atoms with Gasteiger partial charge in [0.1, 0.15) is 0 Å². The maximum Gasteiger partial charge on any atom is 0.246 e. The van der Waals surface area contributed by atoms with Crippen molar-refractivity contribution in [3.05, 3.63) is 29.8 Å². The third-order valence-corrected chi connectivity index (χ3v) is 3.06. The van der Waals surface area contributed by atoms with Crippen molar-refractivity contribution in [1.82, 2.24) is 10.6 Å². The number of para-hydroxylation sites is 1. The highest BCUT2D eigenvalue weighted by atomic mass is 16.2. The quantitative estimate of drug-likeness (QED) is 0.585. The molecule has 1 aromatic rings. The molecule has 0 spiro atoms. The Labute approximate surface area is 107 Å². The van der Waals surface area contributed by atoms with Crippen LogP contribution in [0.2, 0.25) is 0 Å². The fourth-order valence-electron chi connectivity index (χ4n) is 2.13. The van der Waals surface area contributed by atoms with Gasteiger partial charge in [0, 0.05) is 26.3 Å². The van der Waals surface area contributed by atoms with E-state index in [1.165, 1.54) is 5.56 Å². The first-order valence-electron chi connectivity index (χ1n) is 6.03. The highest BCUT2D eigenvalue weighted by molar-refractivity contribution is 5.98. The van der Waals surface area contributed by atoms with Gasteiger partial charge in [0.25, 0.3) is 0 Å². The molecule has 0 atom stereocenters. The summed E-state index contributed by atoms with van der Waals surface area (Å²) in [7, 11) is 3.44. The van der Waals surface area contributed by atoms with Crippen molar-refractivity contribution in [2.75, 3.05) is 32.1 Å². The topological polar surface area (TPSA) is 56.7 Å². The van der Waals surface area contributed by atoms with Crippen molar-refractivity contribution in [3.8, 4) is 0 Å². The van der Waals surface area contributed by atoms with Crippen molar-refractivity contribution in [2.45, 2.75) is 6.42 Å². The van der Waals surface area contributed by atoms with E-state index in [9.17, 15) is 4.79 Å². The fourth-order valence-corrected chi connectivity index (χ4v) is 2.13. The molecule has 1 aliphatic heterocycles. The van der Waals surface area contributed by atoms with E-state index < -0.39 is 0 Å². The lowest BCUT2D eigenvalue weighted by atomic mass is 10.2. The number of rotatable bonds is 2. The van der Waals surface area contributed by atoms with Crippen molar-refractivity contribution in [2.24, 2.45) is 4.99 Å². The van der Waals surface area contributed by atoms with Gasteiger partial charge in [-0.15, -0.1) is 0 Å². The Morgan fingerprint density at radius 3 is 2.94 bits per heavy atom. The summed E-state index contributed by atoms with van der Waals surface area (Å²) in [6.07, 6.45) is 0.933. The third-order valence-electron chi connectivity index (χ3n) is 3.06. The molecule has 0 aromatic heterocycles. The van der Waals surface area contributed by atoms with Crippen LogP contribution >= 0.6 is 0 Å². The Balaban J connectivity index is 1.99. The molecule has 2 rings (SSSR count). The number of nitrogens with one attached hydrogen (secondary N) is 2. The molecule has 0 radical (unpaired) electrons. The van der Waals surface area contributed by atoms with Gasteiger partial charge in [-0.05, 0) is 18.1 Å². The Kier molecular flexibility index (Phi) is 3.82. The predicted molar refractivity (Wildman–Crippen MR) is 72.9 cm³/mol. The average Bonchev–Trinajstić information content (AvgIpc) is 2.83. The summed E-state index contributed by atoms with van der Waals surface area (Å²) in [5.41, 5.74) is 2.27. The van der Waals surface area contributed by atoms with E-state index in [-0.39, 0.29) is 12.5 Å². The van der Waals surface area contributed by atoms with Gasteiger partial charge < -0.3 is 15.5 Å². The van der Waals surface area contributed by atoms with Crippen LogP contribution in [0.5, 0.6) is 0 Å². The van der Waals surface area contributed by atoms with Crippen LogP contribution in [0.3, 0.4) is 0 Å². The molecule has 0 aliphatic carbocycles. The molecule has 0 saturated heterocycles. The summed E-state index contributed by atoms with van der Waals surface area (Å²) in [5.74, 6) is 0.687. The molecule has 1 heterocycles. The van der Waals surface area contributed by atoms with Gasteiger partial charge in [-0.25, -0.2) is 0 Å². The summed E-state index contributed by atoms with van der Waals surface area (Å²) >= 11 is 0. The van der Waals surface area contributed by atoms with Crippen LogP contribution in [0, 0.1) is 0 Å². The molecule has 1 amide bonds. The first-order valence-corrected chi connectivity index (χ1v) is 6.03. The molecule has 0 bridgehead atoms. The van der Waals surface area contributed by atoms with E-state index in [1.54, 1.807) is 14.1 Å². The molecule has 96 valence electrons. The summed E-state index contributed by atoms with van der Waals surface area (Å²) in [6.45, 7) is 1.01. The molecule has 0 saturated carbocycles. The maximum absolute atomic E-state index is 12.1. The Morgan fingerprint density at radius 2 is 2.22 bits per heavy atom. The smallest absolute Gasteiger partial charge is 0.246 e. The molecular weight excluding hydrogens is 228 g/mol. The number of amides is 1. The van der Waals surface area contributed by atoms with Crippen LogP contribution in [0.15, 0.2) is 29.3 Å². The number of hydrogen-bond acceptors (Lipinski definition) is 2. The molecule has 5 nitrogen and oxygen atoms in total. The van der Waals surface area contributed by atoms with E-state index in [0.29, 0.717) is 5.96 Å². The Bertz CT molecular complexity index is 470. The molecule has 2 N–H and O–H groups in total. The SMILES string of the molecule is CN=C(NC)NCC(=O)N1CCc2ccccc21. The van der Waals surface area contributed by atoms with Gasteiger partial charge >= 0.3 is 0 Å². The monoisotopic (exact) mass is 246 g/mol. The number of carbonyl (C=O) groups excluding carboxylic acids is 1. The second-order valence-corrected chi connectivity index (χ2v) is 4.10. The molecular formula is C13H18N4O. The summed E-state index contributed by atoms with van der Waals surface area (Å²) < 4.78 is 0. The standard InChI is InChI=1S/C13H18N4O/c1-14-13(15-2)16-9-12(18)17-8-7-10-5-3-4-6-11(10)17/h3-6H,7-9H2,1-2H3,(H2,14,15,16). The van der Waals surface area contributed by atoms with Crippen molar-refractivity contribution >= 4 is 17.6 Å². The largest absolute Gasteiger partial charge is 0.359 e.